The van der Waals surface area contributed by atoms with Crippen LogP contribution in [0.1, 0.15) is 24.2 Å². The highest BCUT2D eigenvalue weighted by atomic mass is 32.2. The molecule has 0 heterocycles. The third-order valence-corrected chi connectivity index (χ3v) is 3.14. The Labute approximate surface area is 99.8 Å². The SMILES string of the molecule is CCOC(=O)C(O)c1ccc(C)c(SC)c1. The number of aryl methyl sites for hydroxylation is 1. The van der Waals surface area contributed by atoms with Crippen LogP contribution in [0.4, 0.5) is 0 Å². The molecule has 3 nitrogen and oxygen atoms in total. The zero-order valence-electron chi connectivity index (χ0n) is 9.69. The lowest BCUT2D eigenvalue weighted by atomic mass is 10.1. The van der Waals surface area contributed by atoms with Gasteiger partial charge in [-0.15, -0.1) is 11.8 Å². The highest BCUT2D eigenvalue weighted by Gasteiger charge is 2.18. The van der Waals surface area contributed by atoms with Crippen molar-refractivity contribution in [3.05, 3.63) is 29.3 Å². The van der Waals surface area contributed by atoms with Crippen LogP contribution in [0.25, 0.3) is 0 Å². The minimum atomic E-state index is -1.19. The van der Waals surface area contributed by atoms with Crippen molar-refractivity contribution in [2.45, 2.75) is 24.8 Å². The van der Waals surface area contributed by atoms with E-state index < -0.39 is 12.1 Å². The maximum absolute atomic E-state index is 11.3. The number of hydrogen-bond donors (Lipinski definition) is 1. The normalized spacial score (nSPS) is 12.2. The second-order valence-corrected chi connectivity index (χ2v) is 4.23. The lowest BCUT2D eigenvalue weighted by molar-refractivity contribution is -0.153. The fourth-order valence-electron chi connectivity index (χ4n) is 1.36. The van der Waals surface area contributed by atoms with Crippen molar-refractivity contribution in [2.24, 2.45) is 0 Å². The fourth-order valence-corrected chi connectivity index (χ4v) is 2.01. The molecule has 0 aliphatic heterocycles. The van der Waals surface area contributed by atoms with Crippen molar-refractivity contribution in [3.63, 3.8) is 0 Å². The van der Waals surface area contributed by atoms with Gasteiger partial charge in [-0.3, -0.25) is 0 Å². The number of ether oxygens (including phenoxy) is 1. The maximum Gasteiger partial charge on any atom is 0.339 e. The lowest BCUT2D eigenvalue weighted by Gasteiger charge is -2.12. The van der Waals surface area contributed by atoms with Crippen molar-refractivity contribution in [1.29, 1.82) is 0 Å². The van der Waals surface area contributed by atoms with Gasteiger partial charge < -0.3 is 9.84 Å². The molecule has 1 atom stereocenters. The molecule has 0 aromatic heterocycles. The number of esters is 1. The molecule has 88 valence electrons. The van der Waals surface area contributed by atoms with E-state index in [1.165, 1.54) is 0 Å². The van der Waals surface area contributed by atoms with Crippen molar-refractivity contribution >= 4 is 17.7 Å². The third kappa shape index (κ3) is 3.00. The van der Waals surface area contributed by atoms with Crippen LogP contribution in [0, 0.1) is 6.92 Å². The Morgan fingerprint density at radius 2 is 2.25 bits per heavy atom. The van der Waals surface area contributed by atoms with Gasteiger partial charge >= 0.3 is 5.97 Å². The van der Waals surface area contributed by atoms with E-state index in [9.17, 15) is 9.90 Å². The minimum absolute atomic E-state index is 0.275. The van der Waals surface area contributed by atoms with Gasteiger partial charge in [0.15, 0.2) is 6.10 Å². The fraction of sp³-hybridized carbons (Fsp3) is 0.417. The quantitative estimate of drug-likeness (QED) is 0.648. The second kappa shape index (κ2) is 5.92. The minimum Gasteiger partial charge on any atom is -0.464 e. The molecule has 0 bridgehead atoms. The maximum atomic E-state index is 11.3. The molecule has 0 amide bonds. The van der Waals surface area contributed by atoms with Gasteiger partial charge in [-0.05, 0) is 37.3 Å². The Morgan fingerprint density at radius 3 is 2.81 bits per heavy atom. The molecule has 1 N–H and O–H groups in total. The Bertz CT molecular complexity index is 377. The van der Waals surface area contributed by atoms with E-state index in [4.69, 9.17) is 4.74 Å². The number of aliphatic hydroxyl groups excluding tert-OH is 1. The van der Waals surface area contributed by atoms with Crippen LogP contribution in [-0.2, 0) is 9.53 Å². The van der Waals surface area contributed by atoms with E-state index in [0.717, 1.165) is 10.5 Å². The first-order valence-corrected chi connectivity index (χ1v) is 6.31. The summed E-state index contributed by atoms with van der Waals surface area (Å²) in [6, 6.07) is 5.46. The molecule has 0 aliphatic rings. The van der Waals surface area contributed by atoms with Crippen molar-refractivity contribution in [2.75, 3.05) is 12.9 Å². The van der Waals surface area contributed by atoms with Gasteiger partial charge in [-0.25, -0.2) is 4.79 Å². The standard InChI is InChI=1S/C12H16O3S/c1-4-15-12(14)11(13)9-6-5-8(2)10(7-9)16-3/h5-7,11,13H,4H2,1-3H3. The Kier molecular flexibility index (Phi) is 4.83. The summed E-state index contributed by atoms with van der Waals surface area (Å²) < 4.78 is 4.77. The summed E-state index contributed by atoms with van der Waals surface area (Å²) in [6.07, 6.45) is 0.773. The molecular formula is C12H16O3S. The molecule has 1 aromatic carbocycles. The zero-order chi connectivity index (χ0) is 12.1. The zero-order valence-corrected chi connectivity index (χ0v) is 10.5. The molecule has 0 saturated heterocycles. The molecule has 0 radical (unpaired) electrons. The predicted octanol–water partition coefficient (Wildman–Crippen LogP) is 2.31. The lowest BCUT2D eigenvalue weighted by Crippen LogP contribution is -2.15. The summed E-state index contributed by atoms with van der Waals surface area (Å²) in [5.41, 5.74) is 1.71. The molecule has 16 heavy (non-hydrogen) atoms. The Morgan fingerprint density at radius 1 is 1.56 bits per heavy atom. The van der Waals surface area contributed by atoms with Crippen LogP contribution < -0.4 is 0 Å². The van der Waals surface area contributed by atoms with Gasteiger partial charge in [-0.2, -0.15) is 0 Å². The highest BCUT2D eigenvalue weighted by Crippen LogP contribution is 2.24. The molecule has 0 aliphatic carbocycles. The first-order chi connectivity index (χ1) is 7.60. The number of carbonyl (C=O) groups excluding carboxylic acids is 1. The van der Waals surface area contributed by atoms with E-state index in [1.807, 2.05) is 25.3 Å². The second-order valence-electron chi connectivity index (χ2n) is 3.38. The van der Waals surface area contributed by atoms with Crippen LogP contribution in [0.3, 0.4) is 0 Å². The monoisotopic (exact) mass is 240 g/mol. The van der Waals surface area contributed by atoms with Crippen LogP contribution in [-0.4, -0.2) is 23.9 Å². The van der Waals surface area contributed by atoms with E-state index in [-0.39, 0.29) is 6.61 Å². The van der Waals surface area contributed by atoms with Gasteiger partial charge in [-0.1, -0.05) is 12.1 Å². The van der Waals surface area contributed by atoms with Gasteiger partial charge in [0, 0.05) is 4.90 Å². The van der Waals surface area contributed by atoms with Crippen LogP contribution in [0.15, 0.2) is 23.1 Å². The number of benzene rings is 1. The van der Waals surface area contributed by atoms with Crippen molar-refractivity contribution < 1.29 is 14.6 Å². The van der Waals surface area contributed by atoms with E-state index in [1.54, 1.807) is 24.8 Å². The van der Waals surface area contributed by atoms with E-state index >= 15 is 0 Å². The average molecular weight is 240 g/mol. The number of carbonyl (C=O) groups is 1. The van der Waals surface area contributed by atoms with Crippen LogP contribution in [0.5, 0.6) is 0 Å². The molecule has 0 spiro atoms. The number of thioether (sulfide) groups is 1. The molecular weight excluding hydrogens is 224 g/mol. The predicted molar refractivity (Wildman–Crippen MR) is 64.6 cm³/mol. The van der Waals surface area contributed by atoms with Crippen LogP contribution in [0.2, 0.25) is 0 Å². The van der Waals surface area contributed by atoms with E-state index in [0.29, 0.717) is 5.56 Å². The molecule has 4 heteroatoms. The van der Waals surface area contributed by atoms with Gasteiger partial charge in [0.05, 0.1) is 6.61 Å². The summed E-state index contributed by atoms with van der Waals surface area (Å²) >= 11 is 1.59. The Balaban J connectivity index is 2.91. The van der Waals surface area contributed by atoms with Gasteiger partial charge in [0.2, 0.25) is 0 Å². The molecule has 1 aromatic rings. The summed E-state index contributed by atoms with van der Waals surface area (Å²) in [6.45, 7) is 3.98. The van der Waals surface area contributed by atoms with Crippen LogP contribution >= 0.6 is 11.8 Å². The first-order valence-electron chi connectivity index (χ1n) is 5.09. The van der Waals surface area contributed by atoms with Gasteiger partial charge in [0.25, 0.3) is 0 Å². The molecule has 1 unspecified atom stereocenters. The molecule has 1 rings (SSSR count). The highest BCUT2D eigenvalue weighted by molar-refractivity contribution is 7.98. The first kappa shape index (κ1) is 13.1. The van der Waals surface area contributed by atoms with Gasteiger partial charge in [0.1, 0.15) is 0 Å². The number of rotatable bonds is 4. The Hall–Kier alpha value is -1.00. The average Bonchev–Trinajstić information content (AvgIpc) is 2.29. The molecule has 0 fully saturated rings. The summed E-state index contributed by atoms with van der Waals surface area (Å²) in [7, 11) is 0. The third-order valence-electron chi connectivity index (χ3n) is 2.26. The topological polar surface area (TPSA) is 46.5 Å². The summed E-state index contributed by atoms with van der Waals surface area (Å²) in [5.74, 6) is -0.599. The number of hydrogen-bond acceptors (Lipinski definition) is 4. The summed E-state index contributed by atoms with van der Waals surface area (Å²) in [4.78, 5) is 12.4. The molecule has 0 saturated carbocycles. The summed E-state index contributed by atoms with van der Waals surface area (Å²) in [5, 5.41) is 9.75. The van der Waals surface area contributed by atoms with E-state index in [2.05, 4.69) is 0 Å². The largest absolute Gasteiger partial charge is 0.464 e. The number of aliphatic hydroxyl groups is 1. The van der Waals surface area contributed by atoms with Crippen molar-refractivity contribution in [1.82, 2.24) is 0 Å². The smallest absolute Gasteiger partial charge is 0.339 e. The van der Waals surface area contributed by atoms with Crippen molar-refractivity contribution in [3.8, 4) is 0 Å².